The van der Waals surface area contributed by atoms with Gasteiger partial charge >= 0.3 is 0 Å². The van der Waals surface area contributed by atoms with Crippen molar-refractivity contribution in [2.24, 2.45) is 0 Å². The summed E-state index contributed by atoms with van der Waals surface area (Å²) in [4.78, 5) is 0. The van der Waals surface area contributed by atoms with Crippen LogP contribution in [0.3, 0.4) is 0 Å². The fraction of sp³-hybridized carbons (Fsp3) is 0.571. The van der Waals surface area contributed by atoms with Crippen LogP contribution in [0.15, 0.2) is 24.3 Å². The van der Waals surface area contributed by atoms with Gasteiger partial charge in [0.1, 0.15) is 0 Å². The van der Waals surface area contributed by atoms with Crippen LogP contribution in [0.25, 0.3) is 0 Å². The van der Waals surface area contributed by atoms with Gasteiger partial charge in [-0.1, -0.05) is 38.1 Å². The van der Waals surface area contributed by atoms with Gasteiger partial charge in [0.2, 0.25) is 0 Å². The summed E-state index contributed by atoms with van der Waals surface area (Å²) in [5, 5.41) is 15.1. The molecule has 0 aliphatic rings. The Bertz CT molecular complexity index is 305. The lowest BCUT2D eigenvalue weighted by atomic mass is 10.0. The molecule has 0 amide bonds. The minimum Gasteiger partial charge on any atom is -0.395 e. The van der Waals surface area contributed by atoms with Crippen LogP contribution in [0.1, 0.15) is 30.9 Å². The molecule has 112 valence electrons. The number of aliphatic hydroxyl groups excluding tert-OH is 1. The first-order chi connectivity index (χ1) is 8.24. The van der Waals surface area contributed by atoms with E-state index in [-0.39, 0.29) is 31.4 Å². The van der Waals surface area contributed by atoms with Gasteiger partial charge in [-0.15, -0.1) is 24.8 Å². The molecule has 0 bridgehead atoms. The molecule has 19 heavy (non-hydrogen) atoms. The van der Waals surface area contributed by atoms with Gasteiger partial charge in [0, 0.05) is 26.2 Å². The summed E-state index contributed by atoms with van der Waals surface area (Å²) in [6, 6.07) is 8.77. The van der Waals surface area contributed by atoms with Gasteiger partial charge < -0.3 is 15.7 Å². The number of nitrogens with one attached hydrogen (secondary N) is 2. The Labute approximate surface area is 129 Å². The molecule has 0 heterocycles. The van der Waals surface area contributed by atoms with Gasteiger partial charge in [-0.3, -0.25) is 0 Å². The van der Waals surface area contributed by atoms with E-state index < -0.39 is 0 Å². The average molecular weight is 309 g/mol. The van der Waals surface area contributed by atoms with Crippen LogP contribution in [0.4, 0.5) is 0 Å². The molecule has 0 fully saturated rings. The van der Waals surface area contributed by atoms with Crippen molar-refractivity contribution in [2.75, 3.05) is 26.2 Å². The molecule has 0 unspecified atom stereocenters. The molecule has 5 heteroatoms. The summed E-state index contributed by atoms with van der Waals surface area (Å²) >= 11 is 0. The van der Waals surface area contributed by atoms with Crippen LogP contribution in [-0.4, -0.2) is 31.3 Å². The summed E-state index contributed by atoms with van der Waals surface area (Å²) in [7, 11) is 0. The zero-order valence-electron chi connectivity index (χ0n) is 11.7. The maximum atomic E-state index is 8.59. The SMILES string of the molecule is CC(C)c1ccc(CNCCNCCO)cc1.Cl.Cl. The average Bonchev–Trinajstić information content (AvgIpc) is 2.34. The number of halogens is 2. The first kappa shape index (κ1) is 21.0. The highest BCUT2D eigenvalue weighted by atomic mass is 35.5. The van der Waals surface area contributed by atoms with E-state index in [2.05, 4.69) is 48.7 Å². The molecule has 0 aromatic heterocycles. The third-order valence-electron chi connectivity index (χ3n) is 2.74. The van der Waals surface area contributed by atoms with Crippen molar-refractivity contribution < 1.29 is 5.11 Å². The third kappa shape index (κ3) is 9.25. The topological polar surface area (TPSA) is 44.3 Å². The molecule has 3 N–H and O–H groups in total. The van der Waals surface area contributed by atoms with Gasteiger partial charge in [-0.05, 0) is 17.0 Å². The molecule has 0 saturated carbocycles. The minimum absolute atomic E-state index is 0. The number of benzene rings is 1. The Kier molecular flexibility index (Phi) is 14.0. The lowest BCUT2D eigenvalue weighted by Crippen LogP contribution is -2.28. The third-order valence-corrected chi connectivity index (χ3v) is 2.74. The van der Waals surface area contributed by atoms with Crippen molar-refractivity contribution in [1.82, 2.24) is 10.6 Å². The summed E-state index contributed by atoms with van der Waals surface area (Å²) in [5.74, 6) is 0.597. The normalized spacial score (nSPS) is 9.89. The van der Waals surface area contributed by atoms with Gasteiger partial charge in [0.05, 0.1) is 6.61 Å². The van der Waals surface area contributed by atoms with Gasteiger partial charge in [0.15, 0.2) is 0 Å². The van der Waals surface area contributed by atoms with Crippen LogP contribution in [0, 0.1) is 0 Å². The second-order valence-electron chi connectivity index (χ2n) is 4.55. The molecule has 1 aromatic carbocycles. The molecular weight excluding hydrogens is 283 g/mol. The zero-order chi connectivity index (χ0) is 12.5. The van der Waals surface area contributed by atoms with Crippen molar-refractivity contribution in [3.8, 4) is 0 Å². The molecule has 0 spiro atoms. The van der Waals surface area contributed by atoms with E-state index in [4.69, 9.17) is 5.11 Å². The first-order valence-electron chi connectivity index (χ1n) is 6.35. The van der Waals surface area contributed by atoms with Crippen LogP contribution in [0.5, 0.6) is 0 Å². The minimum atomic E-state index is 0. The summed E-state index contributed by atoms with van der Waals surface area (Å²) < 4.78 is 0. The number of hydrogen-bond acceptors (Lipinski definition) is 3. The molecule has 1 rings (SSSR count). The Morgan fingerprint density at radius 2 is 1.53 bits per heavy atom. The second-order valence-corrected chi connectivity index (χ2v) is 4.55. The molecule has 0 radical (unpaired) electrons. The summed E-state index contributed by atoms with van der Waals surface area (Å²) in [6.45, 7) is 8.01. The standard InChI is InChI=1S/C14H24N2O.2ClH/c1-12(2)14-5-3-13(4-6-14)11-16-8-7-15-9-10-17;;/h3-6,12,15-17H,7-11H2,1-2H3;2*1H. The van der Waals surface area contributed by atoms with Crippen molar-refractivity contribution in [3.05, 3.63) is 35.4 Å². The van der Waals surface area contributed by atoms with E-state index in [1.54, 1.807) is 0 Å². The maximum absolute atomic E-state index is 8.59. The van der Waals surface area contributed by atoms with Gasteiger partial charge in [-0.25, -0.2) is 0 Å². The molecule has 0 aliphatic carbocycles. The van der Waals surface area contributed by atoms with Crippen molar-refractivity contribution >= 4 is 24.8 Å². The Hall–Kier alpha value is -0.320. The highest BCUT2D eigenvalue weighted by molar-refractivity contribution is 5.85. The monoisotopic (exact) mass is 308 g/mol. The molecule has 0 saturated heterocycles. The lowest BCUT2D eigenvalue weighted by Gasteiger charge is -2.08. The smallest absolute Gasteiger partial charge is 0.0555 e. The fourth-order valence-corrected chi connectivity index (χ4v) is 1.63. The molecule has 1 aromatic rings. The van der Waals surface area contributed by atoms with E-state index in [9.17, 15) is 0 Å². The fourth-order valence-electron chi connectivity index (χ4n) is 1.63. The highest BCUT2D eigenvalue weighted by Gasteiger charge is 1.98. The maximum Gasteiger partial charge on any atom is 0.0555 e. The van der Waals surface area contributed by atoms with E-state index >= 15 is 0 Å². The van der Waals surface area contributed by atoms with Crippen molar-refractivity contribution in [2.45, 2.75) is 26.3 Å². The Balaban J connectivity index is 0. The van der Waals surface area contributed by atoms with Crippen LogP contribution < -0.4 is 10.6 Å². The van der Waals surface area contributed by atoms with Gasteiger partial charge in [-0.2, -0.15) is 0 Å². The van der Waals surface area contributed by atoms with Gasteiger partial charge in [0.25, 0.3) is 0 Å². The van der Waals surface area contributed by atoms with E-state index in [0.29, 0.717) is 12.5 Å². The number of rotatable bonds is 8. The zero-order valence-corrected chi connectivity index (χ0v) is 13.3. The molecule has 3 nitrogen and oxygen atoms in total. The molecular formula is C14H26Cl2N2O. The molecule has 0 atom stereocenters. The Morgan fingerprint density at radius 3 is 2.05 bits per heavy atom. The first-order valence-corrected chi connectivity index (χ1v) is 6.35. The predicted molar refractivity (Wildman–Crippen MR) is 86.7 cm³/mol. The second kappa shape index (κ2) is 12.7. The summed E-state index contributed by atoms with van der Waals surface area (Å²) in [5.41, 5.74) is 2.70. The molecule has 0 aliphatic heterocycles. The predicted octanol–water partition coefficient (Wildman–Crippen LogP) is 2.33. The number of hydrogen-bond donors (Lipinski definition) is 3. The largest absolute Gasteiger partial charge is 0.395 e. The summed E-state index contributed by atoms with van der Waals surface area (Å²) in [6.07, 6.45) is 0. The van der Waals surface area contributed by atoms with E-state index in [1.165, 1.54) is 11.1 Å². The van der Waals surface area contributed by atoms with E-state index in [1.807, 2.05) is 0 Å². The number of aliphatic hydroxyl groups is 1. The Morgan fingerprint density at radius 1 is 0.947 bits per heavy atom. The van der Waals surface area contributed by atoms with Crippen LogP contribution in [0.2, 0.25) is 0 Å². The van der Waals surface area contributed by atoms with Crippen LogP contribution in [-0.2, 0) is 6.54 Å². The highest BCUT2D eigenvalue weighted by Crippen LogP contribution is 2.14. The van der Waals surface area contributed by atoms with Crippen molar-refractivity contribution in [3.63, 3.8) is 0 Å². The lowest BCUT2D eigenvalue weighted by molar-refractivity contribution is 0.292. The van der Waals surface area contributed by atoms with Crippen LogP contribution >= 0.6 is 24.8 Å². The quantitative estimate of drug-likeness (QED) is 0.646. The van der Waals surface area contributed by atoms with E-state index in [0.717, 1.165) is 19.6 Å². The van der Waals surface area contributed by atoms with Crippen molar-refractivity contribution in [1.29, 1.82) is 0 Å².